The van der Waals surface area contributed by atoms with Gasteiger partial charge in [-0.1, -0.05) is 48.6 Å². The van der Waals surface area contributed by atoms with Gasteiger partial charge < -0.3 is 5.11 Å². The molecule has 0 fully saturated rings. The van der Waals surface area contributed by atoms with Crippen LogP contribution in [-0.2, 0) is 0 Å². The maximum atomic E-state index is 9.61. The molecule has 1 aromatic rings. The molecule has 1 aliphatic carbocycles. The molecule has 0 spiro atoms. The second-order valence-electron chi connectivity index (χ2n) is 4.39. The van der Waals surface area contributed by atoms with Gasteiger partial charge in [0.05, 0.1) is 6.61 Å². The van der Waals surface area contributed by atoms with Crippen molar-refractivity contribution in [2.75, 3.05) is 6.61 Å². The summed E-state index contributed by atoms with van der Waals surface area (Å²) in [5, 5.41) is 13.0. The summed E-state index contributed by atoms with van der Waals surface area (Å²) in [5.41, 5.74) is 1.75. The third-order valence-electron chi connectivity index (χ3n) is 3.32. The van der Waals surface area contributed by atoms with E-state index in [9.17, 15) is 5.11 Å². The van der Waals surface area contributed by atoms with E-state index in [0.717, 1.165) is 5.71 Å². The summed E-state index contributed by atoms with van der Waals surface area (Å²) in [6.07, 6.45) is 7.99. The van der Waals surface area contributed by atoms with Crippen LogP contribution >= 0.6 is 0 Å². The summed E-state index contributed by atoms with van der Waals surface area (Å²) in [7, 11) is 0. The molecule has 3 N–H and O–H groups in total. The molecule has 2 atom stereocenters. The summed E-state index contributed by atoms with van der Waals surface area (Å²) in [6, 6.07) is 10.2. The molecular weight excluding hydrogens is 212 g/mol. The smallest absolute Gasteiger partial charge is 0.232 e. The van der Waals surface area contributed by atoms with E-state index >= 15 is 0 Å². The minimum absolute atomic E-state index is 0.0470. The van der Waals surface area contributed by atoms with E-state index in [1.807, 2.05) is 42.5 Å². The van der Waals surface area contributed by atoms with Gasteiger partial charge in [-0.25, -0.2) is 10.3 Å². The van der Waals surface area contributed by atoms with Crippen LogP contribution in [-0.4, -0.2) is 23.0 Å². The molecule has 0 saturated carbocycles. The van der Waals surface area contributed by atoms with Crippen LogP contribution in [0.1, 0.15) is 11.7 Å². The first-order chi connectivity index (χ1) is 8.34. The van der Waals surface area contributed by atoms with Crippen LogP contribution in [0.4, 0.5) is 0 Å². The lowest BCUT2D eigenvalue weighted by Gasteiger charge is -2.22. The molecule has 3 rings (SSSR count). The molecule has 0 saturated heterocycles. The highest BCUT2D eigenvalue weighted by molar-refractivity contribution is 6.02. The first-order valence-corrected chi connectivity index (χ1v) is 5.77. The van der Waals surface area contributed by atoms with E-state index in [1.165, 1.54) is 5.56 Å². The molecule has 86 valence electrons. The third kappa shape index (κ3) is 1.64. The van der Waals surface area contributed by atoms with Gasteiger partial charge >= 0.3 is 0 Å². The number of aliphatic hydroxyl groups excluding tert-OH is 1. The highest BCUT2D eigenvalue weighted by Gasteiger charge is 2.45. The molecule has 3 heteroatoms. The van der Waals surface area contributed by atoms with Gasteiger partial charge in [0.1, 0.15) is 0 Å². The highest BCUT2D eigenvalue weighted by Crippen LogP contribution is 2.20. The quantitative estimate of drug-likeness (QED) is 0.648. The van der Waals surface area contributed by atoms with Gasteiger partial charge in [0, 0.05) is 11.6 Å². The van der Waals surface area contributed by atoms with E-state index in [4.69, 9.17) is 0 Å². The summed E-state index contributed by atoms with van der Waals surface area (Å²) >= 11 is 0. The maximum Gasteiger partial charge on any atom is 0.232 e. The molecule has 2 aliphatic rings. The van der Waals surface area contributed by atoms with Gasteiger partial charge in [-0.2, -0.15) is 0 Å². The van der Waals surface area contributed by atoms with Crippen LogP contribution in [0.3, 0.4) is 0 Å². The Balaban J connectivity index is 1.97. The lowest BCUT2D eigenvalue weighted by Crippen LogP contribution is -2.72. The van der Waals surface area contributed by atoms with Gasteiger partial charge in [0.2, 0.25) is 11.9 Å². The molecule has 2 unspecified atom stereocenters. The van der Waals surface area contributed by atoms with E-state index < -0.39 is 5.54 Å². The van der Waals surface area contributed by atoms with Crippen molar-refractivity contribution < 1.29 is 10.1 Å². The zero-order valence-corrected chi connectivity index (χ0v) is 9.43. The van der Waals surface area contributed by atoms with Crippen LogP contribution < -0.4 is 10.3 Å². The van der Waals surface area contributed by atoms with Gasteiger partial charge in [-0.15, -0.1) is 0 Å². The van der Waals surface area contributed by atoms with Gasteiger partial charge in [0.15, 0.2) is 5.54 Å². The second-order valence-corrected chi connectivity index (χ2v) is 4.39. The lowest BCUT2D eigenvalue weighted by atomic mass is 9.91. The van der Waals surface area contributed by atoms with Crippen molar-refractivity contribution in [2.24, 2.45) is 0 Å². The Bertz CT molecular complexity index is 504. The van der Waals surface area contributed by atoms with Crippen LogP contribution in [0.5, 0.6) is 0 Å². The first-order valence-electron chi connectivity index (χ1n) is 5.77. The van der Waals surface area contributed by atoms with Crippen LogP contribution in [0.25, 0.3) is 0 Å². The molecule has 1 aromatic carbocycles. The summed E-state index contributed by atoms with van der Waals surface area (Å²) in [5.74, 6) is 0. The van der Waals surface area contributed by atoms with E-state index in [1.54, 1.807) is 0 Å². The van der Waals surface area contributed by atoms with Gasteiger partial charge in [0.25, 0.3) is 0 Å². The van der Waals surface area contributed by atoms with Crippen molar-refractivity contribution in [3.8, 4) is 0 Å². The zero-order chi connectivity index (χ0) is 11.7. The van der Waals surface area contributed by atoms with Crippen molar-refractivity contribution >= 4 is 5.71 Å². The molecule has 0 aromatic heterocycles. The number of hydrogen-bond acceptors (Lipinski definition) is 2. The highest BCUT2D eigenvalue weighted by atomic mass is 16.3. The number of hydrogen-bond donors (Lipinski definition) is 3. The van der Waals surface area contributed by atoms with Gasteiger partial charge in [-0.3, -0.25) is 0 Å². The third-order valence-corrected chi connectivity index (χ3v) is 3.32. The topological polar surface area (TPSA) is 46.2 Å². The Morgan fingerprint density at radius 2 is 2.06 bits per heavy atom. The van der Waals surface area contributed by atoms with E-state index in [-0.39, 0.29) is 12.8 Å². The summed E-state index contributed by atoms with van der Waals surface area (Å²) < 4.78 is 0. The normalized spacial score (nSPS) is 30.2. The van der Waals surface area contributed by atoms with Gasteiger partial charge in [-0.05, 0) is 0 Å². The Labute approximate surface area is 100 Å². The fraction of sp³-hybridized carbons (Fsp3) is 0.214. The van der Waals surface area contributed by atoms with E-state index in [2.05, 4.69) is 22.4 Å². The van der Waals surface area contributed by atoms with Crippen molar-refractivity contribution in [3.63, 3.8) is 0 Å². The summed E-state index contributed by atoms with van der Waals surface area (Å²) in [4.78, 5) is 3.41. The molecule has 17 heavy (non-hydrogen) atoms. The fourth-order valence-electron chi connectivity index (χ4n) is 2.36. The molecule has 0 amide bonds. The van der Waals surface area contributed by atoms with Crippen molar-refractivity contribution in [1.29, 1.82) is 0 Å². The average Bonchev–Trinajstić information content (AvgIpc) is 2.80. The second kappa shape index (κ2) is 3.95. The number of fused-ring (bicyclic) bond motifs is 1. The van der Waals surface area contributed by atoms with E-state index in [0.29, 0.717) is 0 Å². The minimum Gasteiger partial charge on any atom is -0.393 e. The molecule has 3 nitrogen and oxygen atoms in total. The number of aliphatic hydroxyl groups is 1. The van der Waals surface area contributed by atoms with Crippen LogP contribution in [0.15, 0.2) is 54.6 Å². The Hall–Kier alpha value is -1.71. The predicted molar refractivity (Wildman–Crippen MR) is 66.4 cm³/mol. The molecule has 0 bridgehead atoms. The number of benzene rings is 1. The lowest BCUT2D eigenvalue weighted by molar-refractivity contribution is -0.505. The number of allylic oxidation sites excluding steroid dienone is 2. The Morgan fingerprint density at radius 3 is 2.76 bits per heavy atom. The largest absolute Gasteiger partial charge is 0.393 e. The van der Waals surface area contributed by atoms with Crippen molar-refractivity contribution in [3.05, 3.63) is 60.2 Å². The first kappa shape index (κ1) is 10.4. The average molecular weight is 227 g/mol. The molecule has 0 radical (unpaired) electrons. The standard InChI is InChI=1S/C14H14N2O/c17-10-14-9-5-4-8-12(14)15-13(16-14)11-6-2-1-3-7-11/h1-9,13,16-17H,10H2/p+1. The monoisotopic (exact) mass is 227 g/mol. The number of rotatable bonds is 2. The molecule has 1 heterocycles. The summed E-state index contributed by atoms with van der Waals surface area (Å²) in [6.45, 7) is 0.0551. The fourth-order valence-corrected chi connectivity index (χ4v) is 2.36. The molecular formula is C14H15N2O+. The van der Waals surface area contributed by atoms with Crippen LogP contribution in [0.2, 0.25) is 0 Å². The maximum absolute atomic E-state index is 9.61. The Morgan fingerprint density at radius 1 is 1.24 bits per heavy atom. The molecule has 1 aliphatic heterocycles. The van der Waals surface area contributed by atoms with Crippen molar-refractivity contribution in [2.45, 2.75) is 11.7 Å². The minimum atomic E-state index is -0.449. The Kier molecular flexibility index (Phi) is 2.42. The predicted octanol–water partition coefficient (Wildman–Crippen LogP) is -0.333. The SMILES string of the molecule is OCC12C=CC=CC1=[NH+]C(c1ccccc1)N2. The van der Waals surface area contributed by atoms with Crippen LogP contribution in [0, 0.1) is 0 Å². The zero-order valence-electron chi connectivity index (χ0n) is 9.43. The van der Waals surface area contributed by atoms with Crippen molar-refractivity contribution in [1.82, 2.24) is 5.32 Å². The number of nitrogens with one attached hydrogen (secondary N) is 2.